The third kappa shape index (κ3) is 4.74. The zero-order chi connectivity index (χ0) is 20.2. The number of ether oxygens (including phenoxy) is 1. The molecular weight excluding hydrogens is 370 g/mol. The number of alkyl carbamates (subject to hydrolysis) is 1. The van der Waals surface area contributed by atoms with Crippen molar-refractivity contribution < 1.29 is 9.53 Å². The second kappa shape index (κ2) is 8.34. The van der Waals surface area contributed by atoms with Gasteiger partial charge in [0.05, 0.1) is 11.9 Å². The number of rotatable bonds is 6. The Bertz CT molecular complexity index is 934. The van der Waals surface area contributed by atoms with E-state index in [9.17, 15) is 4.79 Å². The minimum atomic E-state index is -0.345. The molecule has 3 N–H and O–H groups in total. The molecule has 3 heterocycles. The lowest BCUT2D eigenvalue weighted by atomic mass is 10.0. The Morgan fingerprint density at radius 1 is 1.31 bits per heavy atom. The van der Waals surface area contributed by atoms with Crippen LogP contribution in [0.4, 0.5) is 16.4 Å². The van der Waals surface area contributed by atoms with E-state index in [4.69, 9.17) is 4.74 Å². The first-order valence-corrected chi connectivity index (χ1v) is 9.82. The van der Waals surface area contributed by atoms with Crippen LogP contribution < -0.4 is 10.6 Å². The molecule has 9 heteroatoms. The van der Waals surface area contributed by atoms with E-state index in [1.54, 1.807) is 17.1 Å². The Morgan fingerprint density at radius 2 is 2.21 bits per heavy atom. The zero-order valence-corrected chi connectivity index (χ0v) is 16.5. The van der Waals surface area contributed by atoms with E-state index in [1.807, 2.05) is 44.3 Å². The Hall–Kier alpha value is -3.36. The molecular formula is C20H25N7O2. The number of carbonyl (C=O) groups excluding carboxylic acids is 1. The van der Waals surface area contributed by atoms with Crippen molar-refractivity contribution in [3.63, 3.8) is 0 Å². The first-order chi connectivity index (χ1) is 14.1. The Morgan fingerprint density at radius 3 is 2.93 bits per heavy atom. The van der Waals surface area contributed by atoms with Crippen molar-refractivity contribution in [2.45, 2.75) is 51.2 Å². The van der Waals surface area contributed by atoms with Crippen molar-refractivity contribution in [1.29, 1.82) is 0 Å². The summed E-state index contributed by atoms with van der Waals surface area (Å²) >= 11 is 0. The highest BCUT2D eigenvalue weighted by atomic mass is 16.6. The van der Waals surface area contributed by atoms with Gasteiger partial charge in [0.15, 0.2) is 5.82 Å². The number of nitrogens with zero attached hydrogens (tertiary/aromatic N) is 4. The van der Waals surface area contributed by atoms with Gasteiger partial charge in [-0.1, -0.05) is 0 Å². The van der Waals surface area contributed by atoms with E-state index in [2.05, 4.69) is 30.9 Å². The lowest BCUT2D eigenvalue weighted by Crippen LogP contribution is -2.33. The zero-order valence-electron chi connectivity index (χ0n) is 16.5. The summed E-state index contributed by atoms with van der Waals surface area (Å²) in [6, 6.07) is 7.76. The lowest BCUT2D eigenvalue weighted by Gasteiger charge is -2.14. The van der Waals surface area contributed by atoms with Crippen molar-refractivity contribution >= 4 is 17.7 Å². The second-order valence-corrected chi connectivity index (χ2v) is 7.52. The van der Waals surface area contributed by atoms with Gasteiger partial charge in [0, 0.05) is 36.1 Å². The van der Waals surface area contributed by atoms with Crippen molar-refractivity contribution in [2.75, 3.05) is 5.32 Å². The molecule has 0 unspecified atom stereocenters. The van der Waals surface area contributed by atoms with Crippen molar-refractivity contribution in [3.05, 3.63) is 48.5 Å². The van der Waals surface area contributed by atoms with Crippen LogP contribution in [0, 0.1) is 0 Å². The number of aromatic nitrogens is 5. The molecule has 1 aliphatic rings. The Labute approximate surface area is 168 Å². The van der Waals surface area contributed by atoms with Gasteiger partial charge in [0.25, 0.3) is 0 Å². The number of hydrogen-bond donors (Lipinski definition) is 3. The minimum absolute atomic E-state index is 0.0602. The number of amides is 1. The highest BCUT2D eigenvalue weighted by Crippen LogP contribution is 2.36. The minimum Gasteiger partial charge on any atom is -0.446 e. The van der Waals surface area contributed by atoms with Crippen LogP contribution in [-0.4, -0.2) is 43.2 Å². The number of hydrogen-bond acceptors (Lipinski definition) is 6. The number of nitrogens with one attached hydrogen (secondary N) is 3. The van der Waals surface area contributed by atoms with Crippen LogP contribution in [0.2, 0.25) is 0 Å². The molecule has 0 aromatic carbocycles. The van der Waals surface area contributed by atoms with Crippen molar-refractivity contribution in [1.82, 2.24) is 30.3 Å². The summed E-state index contributed by atoms with van der Waals surface area (Å²) < 4.78 is 7.25. The molecule has 1 amide bonds. The maximum Gasteiger partial charge on any atom is 0.407 e. The van der Waals surface area contributed by atoms with Gasteiger partial charge in [-0.05, 0) is 51.3 Å². The molecule has 29 heavy (non-hydrogen) atoms. The molecule has 0 saturated heterocycles. The van der Waals surface area contributed by atoms with Crippen LogP contribution in [0.1, 0.15) is 44.7 Å². The topological polar surface area (TPSA) is 110 Å². The molecule has 4 rings (SSSR count). The second-order valence-electron chi connectivity index (χ2n) is 7.52. The summed E-state index contributed by atoms with van der Waals surface area (Å²) in [7, 11) is 0. The fourth-order valence-electron chi connectivity index (χ4n) is 3.51. The first-order valence-electron chi connectivity index (χ1n) is 9.82. The molecule has 1 fully saturated rings. The van der Waals surface area contributed by atoms with Gasteiger partial charge in [-0.2, -0.15) is 10.2 Å². The highest BCUT2D eigenvalue weighted by molar-refractivity contribution is 5.67. The molecule has 3 aromatic heterocycles. The summed E-state index contributed by atoms with van der Waals surface area (Å²) in [5.41, 5.74) is 1.93. The molecule has 152 valence electrons. The molecule has 0 aliphatic heterocycles. The van der Waals surface area contributed by atoms with E-state index >= 15 is 0 Å². The van der Waals surface area contributed by atoms with Gasteiger partial charge in [0.1, 0.15) is 11.9 Å². The molecule has 1 saturated carbocycles. The third-order valence-electron chi connectivity index (χ3n) is 4.88. The molecule has 1 aliphatic carbocycles. The molecule has 3 aromatic rings. The molecule has 0 spiro atoms. The largest absolute Gasteiger partial charge is 0.446 e. The Kier molecular flexibility index (Phi) is 5.46. The molecule has 9 nitrogen and oxygen atoms in total. The number of anilines is 2. The average molecular weight is 395 g/mol. The van der Waals surface area contributed by atoms with E-state index in [-0.39, 0.29) is 18.2 Å². The molecule has 0 bridgehead atoms. The summed E-state index contributed by atoms with van der Waals surface area (Å²) in [4.78, 5) is 16.2. The fourth-order valence-corrected chi connectivity index (χ4v) is 3.51. The van der Waals surface area contributed by atoms with Gasteiger partial charge >= 0.3 is 6.09 Å². The smallest absolute Gasteiger partial charge is 0.407 e. The first kappa shape index (κ1) is 19.0. The monoisotopic (exact) mass is 395 g/mol. The van der Waals surface area contributed by atoms with Crippen LogP contribution in [0.15, 0.2) is 42.9 Å². The van der Waals surface area contributed by atoms with E-state index in [1.165, 1.54) is 0 Å². The SMILES string of the molecule is CC(C)NC(=O)O[C@@H]1CC[C@H](c2cc(Nc3ccc(-n4cccn4)cn3)n[nH]2)C1. The van der Waals surface area contributed by atoms with Crippen LogP contribution in [0.25, 0.3) is 5.69 Å². The predicted molar refractivity (Wildman–Crippen MR) is 108 cm³/mol. The summed E-state index contributed by atoms with van der Waals surface area (Å²) in [5, 5.41) is 17.6. The third-order valence-corrected chi connectivity index (χ3v) is 4.88. The predicted octanol–water partition coefficient (Wildman–Crippen LogP) is 3.50. The van der Waals surface area contributed by atoms with Crippen molar-refractivity contribution in [2.24, 2.45) is 0 Å². The highest BCUT2D eigenvalue weighted by Gasteiger charge is 2.30. The normalized spacial score (nSPS) is 18.7. The van der Waals surface area contributed by atoms with Crippen LogP contribution in [0.5, 0.6) is 0 Å². The van der Waals surface area contributed by atoms with Gasteiger partial charge in [0.2, 0.25) is 0 Å². The van der Waals surface area contributed by atoms with Crippen LogP contribution in [0.3, 0.4) is 0 Å². The number of H-pyrrole nitrogens is 1. The maximum atomic E-state index is 11.8. The van der Waals surface area contributed by atoms with Gasteiger partial charge < -0.3 is 15.4 Å². The quantitative estimate of drug-likeness (QED) is 0.589. The number of pyridine rings is 1. The van der Waals surface area contributed by atoms with E-state index in [0.29, 0.717) is 17.6 Å². The van der Waals surface area contributed by atoms with Gasteiger partial charge in [-0.3, -0.25) is 5.10 Å². The summed E-state index contributed by atoms with van der Waals surface area (Å²) in [5.74, 6) is 1.71. The number of carbonyl (C=O) groups is 1. The summed E-state index contributed by atoms with van der Waals surface area (Å²) in [6.07, 6.45) is 7.56. The van der Waals surface area contributed by atoms with Crippen LogP contribution in [-0.2, 0) is 4.74 Å². The maximum absolute atomic E-state index is 11.8. The number of aromatic amines is 1. The van der Waals surface area contributed by atoms with Crippen molar-refractivity contribution in [3.8, 4) is 5.69 Å². The van der Waals surface area contributed by atoms with E-state index in [0.717, 1.165) is 30.6 Å². The molecule has 2 atom stereocenters. The average Bonchev–Trinajstić information content (AvgIpc) is 3.43. The van der Waals surface area contributed by atoms with Gasteiger partial charge in [-0.15, -0.1) is 0 Å². The van der Waals surface area contributed by atoms with Gasteiger partial charge in [-0.25, -0.2) is 14.5 Å². The standard InChI is InChI=1S/C20H25N7O2/c1-13(2)23-20(28)29-16-6-4-14(10-16)17-11-19(26-25-17)24-18-7-5-15(12-21-18)27-9-3-8-22-27/h3,5,7-9,11-14,16H,4,6,10H2,1-2H3,(H,23,28)(H2,21,24,25,26)/t14-,16+/m0/s1. The summed E-state index contributed by atoms with van der Waals surface area (Å²) in [6.45, 7) is 3.83. The lowest BCUT2D eigenvalue weighted by molar-refractivity contribution is 0.0981. The van der Waals surface area contributed by atoms with Crippen LogP contribution >= 0.6 is 0 Å². The fraction of sp³-hybridized carbons (Fsp3) is 0.400. The Balaban J connectivity index is 1.32. The van der Waals surface area contributed by atoms with E-state index < -0.39 is 0 Å². The molecule has 0 radical (unpaired) electrons.